The molecule has 0 atom stereocenters. The molecule has 0 radical (unpaired) electrons. The molecule has 2 aromatic heterocycles. The highest BCUT2D eigenvalue weighted by Crippen LogP contribution is 2.36. The number of methoxy groups -OCH3 is 1. The molecular formula is C24H30N4O3. The molecular weight excluding hydrogens is 392 g/mol. The number of ether oxygens (including phenoxy) is 2. The van der Waals surface area contributed by atoms with E-state index in [9.17, 15) is 4.79 Å². The first-order valence-electron chi connectivity index (χ1n) is 11.3. The van der Waals surface area contributed by atoms with E-state index in [0.29, 0.717) is 30.6 Å². The average Bonchev–Trinajstić information content (AvgIpc) is 3.53. The molecule has 1 saturated carbocycles. The van der Waals surface area contributed by atoms with Gasteiger partial charge in [-0.1, -0.05) is 18.9 Å². The van der Waals surface area contributed by atoms with Crippen molar-refractivity contribution in [2.45, 2.75) is 50.7 Å². The van der Waals surface area contributed by atoms with Gasteiger partial charge in [-0.15, -0.1) is 5.10 Å². The first kappa shape index (κ1) is 20.0. The van der Waals surface area contributed by atoms with E-state index < -0.39 is 0 Å². The third kappa shape index (κ3) is 3.77. The van der Waals surface area contributed by atoms with Gasteiger partial charge in [-0.25, -0.2) is 0 Å². The van der Waals surface area contributed by atoms with Crippen LogP contribution in [0.4, 0.5) is 0 Å². The van der Waals surface area contributed by atoms with Gasteiger partial charge in [0.15, 0.2) is 0 Å². The molecule has 7 nitrogen and oxygen atoms in total. The molecule has 0 bridgehead atoms. The van der Waals surface area contributed by atoms with Crippen LogP contribution in [0.5, 0.6) is 11.6 Å². The summed E-state index contributed by atoms with van der Waals surface area (Å²) < 4.78 is 15.7. The summed E-state index contributed by atoms with van der Waals surface area (Å²) in [6.45, 7) is 1.33. The smallest absolute Gasteiger partial charge is 0.260 e. The first-order chi connectivity index (χ1) is 15.1. The lowest BCUT2D eigenvalue weighted by atomic mass is 10.1. The van der Waals surface area contributed by atoms with E-state index in [-0.39, 0.29) is 12.0 Å². The zero-order chi connectivity index (χ0) is 21.4. The van der Waals surface area contributed by atoms with Gasteiger partial charge in [0.2, 0.25) is 5.88 Å². The summed E-state index contributed by atoms with van der Waals surface area (Å²) in [5, 5.41) is 5.38. The van der Waals surface area contributed by atoms with Crippen molar-refractivity contribution in [3.8, 4) is 11.6 Å². The van der Waals surface area contributed by atoms with Crippen molar-refractivity contribution in [1.29, 1.82) is 0 Å². The highest BCUT2D eigenvalue weighted by Gasteiger charge is 2.28. The van der Waals surface area contributed by atoms with Gasteiger partial charge >= 0.3 is 0 Å². The zero-order valence-corrected chi connectivity index (χ0v) is 18.3. The molecule has 31 heavy (non-hydrogen) atoms. The number of rotatable bonds is 5. The van der Waals surface area contributed by atoms with E-state index in [4.69, 9.17) is 9.47 Å². The predicted molar refractivity (Wildman–Crippen MR) is 119 cm³/mol. The summed E-state index contributed by atoms with van der Waals surface area (Å²) in [5.41, 5.74) is 1.78. The van der Waals surface area contributed by atoms with Crippen LogP contribution in [0.25, 0.3) is 10.9 Å². The second-order valence-electron chi connectivity index (χ2n) is 8.69. The maximum absolute atomic E-state index is 12.9. The second-order valence-corrected chi connectivity index (χ2v) is 8.69. The van der Waals surface area contributed by atoms with Crippen LogP contribution in [0.1, 0.15) is 54.9 Å². The Kier molecular flexibility index (Phi) is 5.34. The molecule has 1 aromatic carbocycles. The largest absolute Gasteiger partial charge is 0.490 e. The molecule has 3 aromatic rings. The fourth-order valence-electron chi connectivity index (χ4n) is 5.06. The lowest BCUT2D eigenvalue weighted by molar-refractivity contribution is 0.0595. The summed E-state index contributed by atoms with van der Waals surface area (Å²) in [6, 6.07) is 9.17. The Morgan fingerprint density at radius 2 is 1.87 bits per heavy atom. The summed E-state index contributed by atoms with van der Waals surface area (Å²) in [7, 11) is 3.33. The molecule has 5 rings (SSSR count). The number of aryl methyl sites for hydroxylation is 1. The van der Waals surface area contributed by atoms with Crippen molar-refractivity contribution in [1.82, 2.24) is 19.2 Å². The number of hydrogen-bond acceptors (Lipinski definition) is 4. The van der Waals surface area contributed by atoms with Gasteiger partial charge in [0, 0.05) is 56.8 Å². The minimum atomic E-state index is -0.0286. The highest BCUT2D eigenvalue weighted by molar-refractivity contribution is 5.96. The fraction of sp³-hybridized carbons (Fsp3) is 0.500. The molecule has 7 heteroatoms. The number of benzene rings is 1. The number of piperidine rings is 1. The molecule has 0 N–H and O–H groups in total. The van der Waals surface area contributed by atoms with E-state index in [1.54, 1.807) is 25.0 Å². The fourth-order valence-corrected chi connectivity index (χ4v) is 5.06. The molecule has 164 valence electrons. The van der Waals surface area contributed by atoms with E-state index in [1.165, 1.54) is 36.6 Å². The number of aromatic nitrogens is 3. The average molecular weight is 423 g/mol. The quantitative estimate of drug-likeness (QED) is 0.619. The van der Waals surface area contributed by atoms with Gasteiger partial charge in [0.1, 0.15) is 17.4 Å². The number of hydrogen-bond donors (Lipinski definition) is 0. The summed E-state index contributed by atoms with van der Waals surface area (Å²) in [4.78, 5) is 14.8. The monoisotopic (exact) mass is 422 g/mol. The van der Waals surface area contributed by atoms with Crippen molar-refractivity contribution in [3.05, 3.63) is 42.2 Å². The third-order valence-electron chi connectivity index (χ3n) is 6.68. The zero-order valence-electron chi connectivity index (χ0n) is 18.3. The minimum Gasteiger partial charge on any atom is -0.490 e. The van der Waals surface area contributed by atoms with Gasteiger partial charge in [0.05, 0.1) is 12.6 Å². The molecule has 2 fully saturated rings. The molecule has 1 aliphatic heterocycles. The molecule has 2 aliphatic rings. The summed E-state index contributed by atoms with van der Waals surface area (Å²) in [6.07, 6.45) is 10.9. The number of carbonyl (C=O) groups is 1. The number of amides is 1. The Balaban J connectivity index is 1.25. The van der Waals surface area contributed by atoms with Gasteiger partial charge < -0.3 is 18.9 Å². The van der Waals surface area contributed by atoms with Crippen LogP contribution in [0, 0.1) is 0 Å². The maximum atomic E-state index is 12.9. The minimum absolute atomic E-state index is 0.0286. The number of likely N-dealkylation sites (tertiary alicyclic amines) is 1. The Bertz CT molecular complexity index is 1070. The Morgan fingerprint density at radius 1 is 1.10 bits per heavy atom. The lowest BCUT2D eigenvalue weighted by Gasteiger charge is -2.32. The number of nitrogens with zero attached hydrogens (tertiary/aromatic N) is 4. The highest BCUT2D eigenvalue weighted by atomic mass is 16.5. The molecule has 0 unspecified atom stereocenters. The lowest BCUT2D eigenvalue weighted by Crippen LogP contribution is -2.41. The summed E-state index contributed by atoms with van der Waals surface area (Å²) in [5.74, 6) is 1.30. The first-order valence-corrected chi connectivity index (χ1v) is 11.3. The van der Waals surface area contributed by atoms with Gasteiger partial charge in [-0.2, -0.15) is 0 Å². The van der Waals surface area contributed by atoms with Gasteiger partial charge in [0.25, 0.3) is 5.91 Å². The molecule has 3 heterocycles. The van der Waals surface area contributed by atoms with Crippen LogP contribution in [-0.2, 0) is 7.05 Å². The Labute approximate surface area is 182 Å². The standard InChI is InChI=1S/C24H30N4O3/c1-26-16-20(23(25-26)30-2)24(29)27-13-10-18(11-14-27)31-22-9-5-8-21-19(22)12-15-28(21)17-6-3-4-7-17/h5,8-9,12,15-18H,3-4,6-7,10-11,13-14H2,1-2H3. The van der Waals surface area contributed by atoms with Gasteiger partial charge in [-0.05, 0) is 31.0 Å². The van der Waals surface area contributed by atoms with E-state index in [2.05, 4.69) is 40.1 Å². The van der Waals surface area contributed by atoms with Crippen LogP contribution < -0.4 is 9.47 Å². The van der Waals surface area contributed by atoms with Crippen LogP contribution in [0.15, 0.2) is 36.7 Å². The van der Waals surface area contributed by atoms with Crippen LogP contribution in [-0.4, -0.2) is 51.5 Å². The maximum Gasteiger partial charge on any atom is 0.260 e. The molecule has 0 spiro atoms. The van der Waals surface area contributed by atoms with Crippen molar-refractivity contribution < 1.29 is 14.3 Å². The topological polar surface area (TPSA) is 61.5 Å². The van der Waals surface area contributed by atoms with E-state index >= 15 is 0 Å². The Morgan fingerprint density at radius 3 is 2.61 bits per heavy atom. The second kappa shape index (κ2) is 8.29. The number of fused-ring (bicyclic) bond motifs is 1. The van der Waals surface area contributed by atoms with Crippen LogP contribution in [0.2, 0.25) is 0 Å². The molecule has 1 aliphatic carbocycles. The number of carbonyl (C=O) groups excluding carboxylic acids is 1. The normalized spacial score (nSPS) is 18.1. The van der Waals surface area contributed by atoms with Crippen LogP contribution in [0.3, 0.4) is 0 Å². The third-order valence-corrected chi connectivity index (χ3v) is 6.68. The predicted octanol–water partition coefficient (Wildman–Crippen LogP) is 4.18. The summed E-state index contributed by atoms with van der Waals surface area (Å²) >= 11 is 0. The van der Waals surface area contributed by atoms with Gasteiger partial charge in [-0.3, -0.25) is 9.48 Å². The van der Waals surface area contributed by atoms with Crippen molar-refractivity contribution in [3.63, 3.8) is 0 Å². The van der Waals surface area contributed by atoms with Crippen molar-refractivity contribution >= 4 is 16.8 Å². The van der Waals surface area contributed by atoms with E-state index in [0.717, 1.165) is 18.6 Å². The molecule has 1 saturated heterocycles. The molecule has 1 amide bonds. The van der Waals surface area contributed by atoms with Crippen LogP contribution >= 0.6 is 0 Å². The van der Waals surface area contributed by atoms with Crippen molar-refractivity contribution in [2.24, 2.45) is 7.05 Å². The Hall–Kier alpha value is -2.96. The van der Waals surface area contributed by atoms with E-state index in [1.807, 2.05) is 4.90 Å². The SMILES string of the molecule is COc1nn(C)cc1C(=O)N1CCC(Oc2cccc3c2ccn3C2CCCC2)CC1. The van der Waals surface area contributed by atoms with Crippen molar-refractivity contribution in [2.75, 3.05) is 20.2 Å².